The molecule has 4 aromatic rings. The number of allylic oxidation sites excluding steroid dienone is 1. The predicted molar refractivity (Wildman–Crippen MR) is 193 cm³/mol. The molecule has 9 nitrogen and oxygen atoms in total. The first-order valence-corrected chi connectivity index (χ1v) is 17.5. The fraction of sp³-hybridized carbons (Fsp3) is 0.250. The molecule has 0 aromatic heterocycles. The number of amides is 4. The lowest BCUT2D eigenvalue weighted by atomic mass is 9.88. The Hall–Kier alpha value is -5.32. The van der Waals surface area contributed by atoms with Gasteiger partial charge in [0, 0.05) is 56.3 Å². The fourth-order valence-electron chi connectivity index (χ4n) is 7.22. The van der Waals surface area contributed by atoms with E-state index in [0.717, 1.165) is 38.4 Å². The van der Waals surface area contributed by atoms with E-state index >= 15 is 4.39 Å². The molecule has 3 aliphatic rings. The standard InChI is InChI=1S/C40H36ClFN4O5/c41-19-18-31(25-4-2-1-3-5-25)35(27-8-13-30(47)14-9-27)26-6-11-29(12-7-26)45-22-20-44(21-23-45)24-28-10-15-32-36(37(28)42)40(51)46(39(32)50)33-16-17-34(48)43-38(33)49/h1-15,33,47H,16-24H2,(H,43,48,49). The Bertz CT molecular complexity index is 2030. The van der Waals surface area contributed by atoms with E-state index in [4.69, 9.17) is 11.6 Å². The first kappa shape index (κ1) is 34.1. The van der Waals surface area contributed by atoms with Crippen LogP contribution >= 0.6 is 11.6 Å². The zero-order chi connectivity index (χ0) is 35.6. The second-order valence-corrected chi connectivity index (χ2v) is 13.3. The van der Waals surface area contributed by atoms with Crippen LogP contribution in [-0.4, -0.2) is 76.6 Å². The molecule has 0 bridgehead atoms. The third kappa shape index (κ3) is 6.77. The number of hydrogen-bond donors (Lipinski definition) is 2. The van der Waals surface area contributed by atoms with Gasteiger partial charge in [-0.2, -0.15) is 0 Å². The number of phenols is 1. The van der Waals surface area contributed by atoms with Crippen LogP contribution in [0.25, 0.3) is 11.1 Å². The van der Waals surface area contributed by atoms with Gasteiger partial charge in [-0.1, -0.05) is 60.7 Å². The van der Waals surface area contributed by atoms with Crippen LogP contribution in [0.4, 0.5) is 10.1 Å². The van der Waals surface area contributed by atoms with Crippen molar-refractivity contribution in [3.05, 3.63) is 130 Å². The average Bonchev–Trinajstić information content (AvgIpc) is 3.40. The van der Waals surface area contributed by atoms with Crippen LogP contribution in [0.15, 0.2) is 91.0 Å². The molecule has 0 aliphatic carbocycles. The highest BCUT2D eigenvalue weighted by Gasteiger charge is 2.46. The Morgan fingerprint density at radius 3 is 2.12 bits per heavy atom. The Morgan fingerprint density at radius 2 is 1.47 bits per heavy atom. The van der Waals surface area contributed by atoms with Crippen molar-refractivity contribution in [3.8, 4) is 5.75 Å². The summed E-state index contributed by atoms with van der Waals surface area (Å²) in [5.74, 6) is -2.86. The van der Waals surface area contributed by atoms with Crippen LogP contribution < -0.4 is 10.2 Å². The molecule has 11 heteroatoms. The molecular weight excluding hydrogens is 671 g/mol. The number of halogens is 2. The van der Waals surface area contributed by atoms with Crippen molar-refractivity contribution in [1.82, 2.24) is 15.1 Å². The van der Waals surface area contributed by atoms with Gasteiger partial charge < -0.3 is 10.0 Å². The molecule has 51 heavy (non-hydrogen) atoms. The van der Waals surface area contributed by atoms with Crippen LogP contribution in [0, 0.1) is 5.82 Å². The average molecular weight is 707 g/mol. The monoisotopic (exact) mass is 706 g/mol. The van der Waals surface area contributed by atoms with Crippen molar-refractivity contribution in [3.63, 3.8) is 0 Å². The highest BCUT2D eigenvalue weighted by molar-refractivity contribution is 6.23. The summed E-state index contributed by atoms with van der Waals surface area (Å²) in [5, 5.41) is 12.1. The summed E-state index contributed by atoms with van der Waals surface area (Å²) in [6.45, 7) is 2.97. The van der Waals surface area contributed by atoms with Crippen molar-refractivity contribution in [2.45, 2.75) is 31.8 Å². The maximum absolute atomic E-state index is 15.8. The predicted octanol–water partition coefficient (Wildman–Crippen LogP) is 5.84. The van der Waals surface area contributed by atoms with E-state index in [2.05, 4.69) is 51.5 Å². The SMILES string of the molecule is O=C1CCC(N2C(=O)c3ccc(CN4CCN(c5ccc(C(=C(CCCl)c6ccccc6)c6ccc(O)cc6)cc5)CC4)c(F)c3C2=O)C(=O)N1. The molecule has 0 spiro atoms. The number of fused-ring (bicyclic) bond motifs is 1. The first-order valence-electron chi connectivity index (χ1n) is 17.0. The van der Waals surface area contributed by atoms with Gasteiger partial charge in [-0.25, -0.2) is 4.39 Å². The Labute approximate surface area is 299 Å². The van der Waals surface area contributed by atoms with Gasteiger partial charge in [0.05, 0.1) is 11.1 Å². The molecule has 2 saturated heterocycles. The van der Waals surface area contributed by atoms with E-state index in [1.165, 1.54) is 12.1 Å². The normalized spacial score (nSPS) is 18.5. The molecule has 1 unspecified atom stereocenters. The lowest BCUT2D eigenvalue weighted by molar-refractivity contribution is -0.136. The lowest BCUT2D eigenvalue weighted by Gasteiger charge is -2.36. The van der Waals surface area contributed by atoms with Crippen LogP contribution in [-0.2, 0) is 16.1 Å². The van der Waals surface area contributed by atoms with Crippen molar-refractivity contribution in [2.75, 3.05) is 37.0 Å². The number of carbonyl (C=O) groups excluding carboxylic acids is 4. The van der Waals surface area contributed by atoms with Gasteiger partial charge in [-0.3, -0.25) is 34.3 Å². The molecule has 2 fully saturated rings. The number of nitrogens with one attached hydrogen (secondary N) is 1. The number of piperidine rings is 1. The van der Waals surface area contributed by atoms with Crippen LogP contribution in [0.5, 0.6) is 5.75 Å². The summed E-state index contributed by atoms with van der Waals surface area (Å²) in [5.41, 5.74) is 6.24. The third-order valence-corrected chi connectivity index (χ3v) is 10.0. The summed E-state index contributed by atoms with van der Waals surface area (Å²) in [7, 11) is 0. The second kappa shape index (κ2) is 14.5. The molecule has 3 heterocycles. The molecule has 0 saturated carbocycles. The summed E-state index contributed by atoms with van der Waals surface area (Å²) in [4.78, 5) is 55.5. The number of benzene rings is 4. The summed E-state index contributed by atoms with van der Waals surface area (Å²) in [6.07, 6.45) is 0.671. The number of alkyl halides is 1. The van der Waals surface area contributed by atoms with E-state index < -0.39 is 35.5 Å². The number of phenolic OH excluding ortho intramolecular Hbond substituents is 1. The molecule has 1 atom stereocenters. The van der Waals surface area contributed by atoms with Crippen molar-refractivity contribution in [2.24, 2.45) is 0 Å². The number of anilines is 1. The topological polar surface area (TPSA) is 110 Å². The zero-order valence-corrected chi connectivity index (χ0v) is 28.5. The molecule has 0 radical (unpaired) electrons. The minimum Gasteiger partial charge on any atom is -0.508 e. The molecule has 4 amide bonds. The minimum absolute atomic E-state index is 0.00465. The fourth-order valence-corrected chi connectivity index (χ4v) is 7.41. The number of rotatable bonds is 9. The van der Waals surface area contributed by atoms with Gasteiger partial charge in [-0.15, -0.1) is 11.6 Å². The number of hydrogen-bond acceptors (Lipinski definition) is 7. The number of imide groups is 2. The number of nitrogens with zero attached hydrogens (tertiary/aromatic N) is 3. The van der Waals surface area contributed by atoms with Crippen LogP contribution in [0.3, 0.4) is 0 Å². The van der Waals surface area contributed by atoms with Crippen LogP contribution in [0.1, 0.15) is 62.2 Å². The van der Waals surface area contributed by atoms with Crippen molar-refractivity contribution < 1.29 is 28.7 Å². The van der Waals surface area contributed by atoms with Gasteiger partial charge in [0.2, 0.25) is 11.8 Å². The van der Waals surface area contributed by atoms with Gasteiger partial charge >= 0.3 is 0 Å². The molecule has 260 valence electrons. The maximum atomic E-state index is 15.8. The zero-order valence-electron chi connectivity index (χ0n) is 27.8. The molecule has 7 rings (SSSR count). The van der Waals surface area contributed by atoms with E-state index in [1.54, 1.807) is 12.1 Å². The molecule has 3 aliphatic heterocycles. The number of aromatic hydroxyl groups is 1. The van der Waals surface area contributed by atoms with Crippen molar-refractivity contribution in [1.29, 1.82) is 0 Å². The van der Waals surface area contributed by atoms with Gasteiger partial charge in [0.1, 0.15) is 17.6 Å². The summed E-state index contributed by atoms with van der Waals surface area (Å²) < 4.78 is 15.8. The third-order valence-electron chi connectivity index (χ3n) is 9.84. The highest BCUT2D eigenvalue weighted by Crippen LogP contribution is 2.36. The van der Waals surface area contributed by atoms with Crippen LogP contribution in [0.2, 0.25) is 0 Å². The molecule has 2 N–H and O–H groups in total. The summed E-state index contributed by atoms with van der Waals surface area (Å²) >= 11 is 6.31. The van der Waals surface area contributed by atoms with Gasteiger partial charge in [-0.05, 0) is 71.0 Å². The first-order chi connectivity index (χ1) is 24.7. The Kier molecular flexibility index (Phi) is 9.71. The number of piperazine rings is 1. The van der Waals surface area contributed by atoms with E-state index in [-0.39, 0.29) is 36.3 Å². The van der Waals surface area contributed by atoms with E-state index in [0.29, 0.717) is 44.0 Å². The van der Waals surface area contributed by atoms with Gasteiger partial charge in [0.15, 0.2) is 0 Å². The largest absolute Gasteiger partial charge is 0.508 e. The van der Waals surface area contributed by atoms with Gasteiger partial charge in [0.25, 0.3) is 11.8 Å². The van der Waals surface area contributed by atoms with E-state index in [1.807, 2.05) is 30.3 Å². The lowest BCUT2D eigenvalue weighted by Crippen LogP contribution is -2.54. The summed E-state index contributed by atoms with van der Waals surface area (Å²) in [6, 6.07) is 27.7. The van der Waals surface area contributed by atoms with E-state index in [9.17, 15) is 24.3 Å². The van der Waals surface area contributed by atoms with Crippen molar-refractivity contribution >= 4 is 52.1 Å². The smallest absolute Gasteiger partial charge is 0.265 e. The molecular formula is C40H36ClFN4O5. The Morgan fingerprint density at radius 1 is 0.804 bits per heavy atom. The quantitative estimate of drug-likeness (QED) is 0.128. The Balaban J connectivity index is 1.05. The minimum atomic E-state index is -1.15. The molecule has 4 aromatic carbocycles. The maximum Gasteiger partial charge on any atom is 0.265 e. The highest BCUT2D eigenvalue weighted by atomic mass is 35.5. The second-order valence-electron chi connectivity index (χ2n) is 12.9. The number of carbonyl (C=O) groups is 4.